The summed E-state index contributed by atoms with van der Waals surface area (Å²) in [4.78, 5) is 0. The van der Waals surface area contributed by atoms with Gasteiger partial charge >= 0.3 is 0 Å². The average molecular weight is 123 g/mol. The molecule has 1 aromatic rings. The van der Waals surface area contributed by atoms with Crippen molar-refractivity contribution in [2.75, 3.05) is 0 Å². The lowest BCUT2D eigenvalue weighted by Gasteiger charge is -1.93. The van der Waals surface area contributed by atoms with Crippen LogP contribution < -0.4 is 0 Å². The van der Waals surface area contributed by atoms with Crippen LogP contribution in [0.2, 0.25) is 0 Å². The molecule has 0 spiro atoms. The lowest BCUT2D eigenvalue weighted by Crippen LogP contribution is -1.74. The van der Waals surface area contributed by atoms with E-state index in [-0.39, 0.29) is 5.48 Å². The van der Waals surface area contributed by atoms with Crippen LogP contribution in [0.15, 0.2) is 24.3 Å². The van der Waals surface area contributed by atoms with Gasteiger partial charge in [-0.2, -0.15) is 0 Å². The molecule has 0 aliphatic carbocycles. The Hall–Kier alpha value is -0.820. The van der Waals surface area contributed by atoms with E-state index in [9.17, 15) is 0 Å². The Morgan fingerprint density at radius 2 is 1.22 bits per heavy atom. The summed E-state index contributed by atoms with van der Waals surface area (Å²) in [6.07, 6.45) is 0. The van der Waals surface area contributed by atoms with E-state index in [1.807, 2.05) is 0 Å². The van der Waals surface area contributed by atoms with Crippen molar-refractivity contribution in [1.82, 2.24) is 0 Å². The van der Waals surface area contributed by atoms with Gasteiger partial charge in [0.2, 0.25) is 0 Å². The zero-order chi connectivity index (χ0) is 5.98. The molecule has 0 heterocycles. The van der Waals surface area contributed by atoms with E-state index in [0.717, 1.165) is 0 Å². The molecule has 0 fully saturated rings. The highest BCUT2D eigenvalue weighted by atomic mass is 16.0. The zero-order valence-electron chi connectivity index (χ0n) is 5.76. The molecular formula is C8H11O. The quantitative estimate of drug-likeness (QED) is 0.547. The molecule has 0 aliphatic heterocycles. The lowest BCUT2D eigenvalue weighted by molar-refractivity contribution is 0.824. The topological polar surface area (TPSA) is 30.0 Å². The molecule has 1 N–H and O–H groups in total. The standard InChI is InChI=1S/C8H10.HO/c1-7-5-3-4-6-8(7)2;/h3-6H,1-2H3;1H. The van der Waals surface area contributed by atoms with Gasteiger partial charge in [0.15, 0.2) is 0 Å². The summed E-state index contributed by atoms with van der Waals surface area (Å²) in [5.74, 6) is 0. The second-order valence-electron chi connectivity index (χ2n) is 2.08. The molecule has 1 aromatic carbocycles. The second kappa shape index (κ2) is 3.25. The van der Waals surface area contributed by atoms with E-state index in [1.165, 1.54) is 11.1 Å². The number of hydrogen-bond donors (Lipinski definition) is 1. The Balaban J connectivity index is 0.000000640. The molecule has 1 radical (unpaired) electrons. The lowest BCUT2D eigenvalue weighted by atomic mass is 10.1. The van der Waals surface area contributed by atoms with Crippen molar-refractivity contribution in [3.05, 3.63) is 35.4 Å². The van der Waals surface area contributed by atoms with Gasteiger partial charge in [-0.05, 0) is 25.0 Å². The predicted octanol–water partition coefficient (Wildman–Crippen LogP) is 2.13. The zero-order valence-corrected chi connectivity index (χ0v) is 5.76. The van der Waals surface area contributed by atoms with Gasteiger partial charge in [-0.25, -0.2) is 0 Å². The summed E-state index contributed by atoms with van der Waals surface area (Å²) in [5, 5.41) is 0. The van der Waals surface area contributed by atoms with Crippen LogP contribution in [-0.4, -0.2) is 5.48 Å². The third kappa shape index (κ3) is 1.86. The number of hydrogen-bond acceptors (Lipinski definition) is 0. The summed E-state index contributed by atoms with van der Waals surface area (Å²) in [7, 11) is 0. The van der Waals surface area contributed by atoms with Gasteiger partial charge in [-0.15, -0.1) is 0 Å². The van der Waals surface area contributed by atoms with Crippen LogP contribution in [-0.2, 0) is 0 Å². The number of aryl methyl sites for hydroxylation is 2. The normalized spacial score (nSPS) is 8.22. The van der Waals surface area contributed by atoms with Crippen LogP contribution in [0.4, 0.5) is 0 Å². The average Bonchev–Trinajstić information content (AvgIpc) is 1.77. The third-order valence-corrected chi connectivity index (χ3v) is 1.43. The Bertz CT molecular complexity index is 161. The molecule has 0 atom stereocenters. The molecule has 49 valence electrons. The Labute approximate surface area is 55.6 Å². The van der Waals surface area contributed by atoms with Crippen molar-refractivity contribution in [2.24, 2.45) is 0 Å². The van der Waals surface area contributed by atoms with Gasteiger partial charge in [0, 0.05) is 0 Å². The first-order valence-corrected chi connectivity index (χ1v) is 2.83. The highest BCUT2D eigenvalue weighted by Gasteiger charge is 1.83. The molecule has 9 heavy (non-hydrogen) atoms. The van der Waals surface area contributed by atoms with E-state index >= 15 is 0 Å². The van der Waals surface area contributed by atoms with Crippen LogP contribution in [0.25, 0.3) is 0 Å². The van der Waals surface area contributed by atoms with Crippen LogP contribution in [0.1, 0.15) is 11.1 Å². The summed E-state index contributed by atoms with van der Waals surface area (Å²) < 4.78 is 0. The first kappa shape index (κ1) is 8.18. The van der Waals surface area contributed by atoms with Crippen molar-refractivity contribution in [1.29, 1.82) is 0 Å². The Morgan fingerprint density at radius 3 is 1.44 bits per heavy atom. The summed E-state index contributed by atoms with van der Waals surface area (Å²) in [6.45, 7) is 4.24. The highest BCUT2D eigenvalue weighted by molar-refractivity contribution is 5.23. The van der Waals surface area contributed by atoms with Crippen molar-refractivity contribution in [3.63, 3.8) is 0 Å². The fourth-order valence-electron chi connectivity index (χ4n) is 0.663. The summed E-state index contributed by atoms with van der Waals surface area (Å²) in [5.41, 5.74) is 2.74. The first-order valence-electron chi connectivity index (χ1n) is 2.83. The fourth-order valence-corrected chi connectivity index (χ4v) is 0.663. The van der Waals surface area contributed by atoms with Crippen LogP contribution in [0.5, 0.6) is 0 Å². The van der Waals surface area contributed by atoms with Gasteiger partial charge in [0.25, 0.3) is 0 Å². The van der Waals surface area contributed by atoms with E-state index in [4.69, 9.17) is 0 Å². The minimum Gasteiger partial charge on any atom is -0.255 e. The monoisotopic (exact) mass is 123 g/mol. The number of rotatable bonds is 0. The minimum atomic E-state index is 0. The molecule has 1 heteroatoms. The Morgan fingerprint density at radius 1 is 0.889 bits per heavy atom. The van der Waals surface area contributed by atoms with Crippen LogP contribution in [0, 0.1) is 13.8 Å². The van der Waals surface area contributed by atoms with Crippen molar-refractivity contribution >= 4 is 0 Å². The minimum absolute atomic E-state index is 0. The van der Waals surface area contributed by atoms with Crippen LogP contribution in [0.3, 0.4) is 0 Å². The predicted molar refractivity (Wildman–Crippen MR) is 37.9 cm³/mol. The van der Waals surface area contributed by atoms with E-state index in [0.29, 0.717) is 0 Å². The molecule has 0 saturated heterocycles. The summed E-state index contributed by atoms with van der Waals surface area (Å²) in [6, 6.07) is 8.36. The third-order valence-electron chi connectivity index (χ3n) is 1.43. The van der Waals surface area contributed by atoms with Gasteiger partial charge in [-0.3, -0.25) is 5.48 Å². The molecule has 0 saturated carbocycles. The van der Waals surface area contributed by atoms with Gasteiger partial charge < -0.3 is 0 Å². The van der Waals surface area contributed by atoms with Gasteiger partial charge in [-0.1, -0.05) is 24.3 Å². The van der Waals surface area contributed by atoms with Crippen molar-refractivity contribution in [3.8, 4) is 0 Å². The Kier molecular flexibility index (Phi) is 2.96. The molecule has 0 aliphatic rings. The largest absolute Gasteiger partial charge is 0.255 e. The van der Waals surface area contributed by atoms with Crippen molar-refractivity contribution in [2.45, 2.75) is 13.8 Å². The molecular weight excluding hydrogens is 112 g/mol. The fraction of sp³-hybridized carbons (Fsp3) is 0.250. The van der Waals surface area contributed by atoms with Crippen molar-refractivity contribution < 1.29 is 5.48 Å². The van der Waals surface area contributed by atoms with E-state index < -0.39 is 0 Å². The highest BCUT2D eigenvalue weighted by Crippen LogP contribution is 2.02. The molecule has 0 bridgehead atoms. The molecule has 1 nitrogen and oxygen atoms in total. The molecule has 0 aromatic heterocycles. The SMILES string of the molecule is Cc1ccccc1C.[OH]. The second-order valence-corrected chi connectivity index (χ2v) is 2.08. The van der Waals surface area contributed by atoms with E-state index in [2.05, 4.69) is 38.1 Å². The molecule has 0 unspecified atom stereocenters. The molecule has 0 amide bonds. The van der Waals surface area contributed by atoms with E-state index in [1.54, 1.807) is 0 Å². The molecule has 1 rings (SSSR count). The van der Waals surface area contributed by atoms with Crippen LogP contribution >= 0.6 is 0 Å². The maximum Gasteiger partial charge on any atom is -0.0395 e. The smallest absolute Gasteiger partial charge is 0.0395 e. The maximum atomic E-state index is 2.12. The van der Waals surface area contributed by atoms with Gasteiger partial charge in [0.1, 0.15) is 0 Å². The number of benzene rings is 1. The maximum absolute atomic E-state index is 2.12. The summed E-state index contributed by atoms with van der Waals surface area (Å²) >= 11 is 0. The van der Waals surface area contributed by atoms with Gasteiger partial charge in [0.05, 0.1) is 0 Å². The first-order chi connectivity index (χ1) is 3.80.